The van der Waals surface area contributed by atoms with Gasteiger partial charge in [0.1, 0.15) is 5.69 Å². The Bertz CT molecular complexity index is 994. The first-order valence-corrected chi connectivity index (χ1v) is 8.01. The largest absolute Gasteiger partial charge is 0.465 e. The van der Waals surface area contributed by atoms with E-state index in [1.54, 1.807) is 0 Å². The summed E-state index contributed by atoms with van der Waals surface area (Å²) >= 11 is 0. The summed E-state index contributed by atoms with van der Waals surface area (Å²) in [6.45, 7) is 0. The molecule has 2 aromatic carbocycles. The van der Waals surface area contributed by atoms with Crippen LogP contribution >= 0.6 is 0 Å². The van der Waals surface area contributed by atoms with Crippen LogP contribution in [-0.2, 0) is 10.9 Å². The number of nitrogens with one attached hydrogen (secondary N) is 1. The molecule has 0 saturated heterocycles. The first kappa shape index (κ1) is 19.2. The summed E-state index contributed by atoms with van der Waals surface area (Å²) in [4.78, 5) is 23.7. The number of carbonyl (C=O) groups is 2. The fourth-order valence-corrected chi connectivity index (χ4v) is 2.49. The van der Waals surface area contributed by atoms with E-state index in [0.29, 0.717) is 16.8 Å². The Hall–Kier alpha value is -3.62. The average Bonchev–Trinajstić information content (AvgIpc) is 3.18. The Labute approximate surface area is 157 Å². The fourth-order valence-electron chi connectivity index (χ4n) is 2.49. The molecule has 6 nitrogen and oxygen atoms in total. The highest BCUT2D eigenvalue weighted by atomic mass is 19.4. The van der Waals surface area contributed by atoms with Crippen LogP contribution in [0.1, 0.15) is 26.4 Å². The lowest BCUT2D eigenvalue weighted by Gasteiger charge is -2.11. The van der Waals surface area contributed by atoms with Crippen LogP contribution in [0.3, 0.4) is 0 Å². The van der Waals surface area contributed by atoms with Gasteiger partial charge in [-0.15, -0.1) is 0 Å². The second kappa shape index (κ2) is 7.55. The van der Waals surface area contributed by atoms with Gasteiger partial charge in [-0.3, -0.25) is 4.79 Å². The minimum Gasteiger partial charge on any atom is -0.465 e. The third-order valence-corrected chi connectivity index (χ3v) is 3.87. The van der Waals surface area contributed by atoms with Gasteiger partial charge in [-0.05, 0) is 54.6 Å². The molecule has 0 spiro atoms. The van der Waals surface area contributed by atoms with Crippen LogP contribution in [0.15, 0.2) is 60.8 Å². The molecule has 144 valence electrons. The van der Waals surface area contributed by atoms with Crippen molar-refractivity contribution in [1.82, 2.24) is 9.78 Å². The van der Waals surface area contributed by atoms with Gasteiger partial charge in [0.2, 0.25) is 0 Å². The number of carbonyl (C=O) groups excluding carboxylic acids is 2. The molecule has 0 saturated carbocycles. The Morgan fingerprint density at radius 2 is 1.57 bits per heavy atom. The number of alkyl halides is 3. The van der Waals surface area contributed by atoms with Gasteiger partial charge in [-0.25, -0.2) is 9.48 Å². The molecule has 1 aromatic heterocycles. The molecule has 0 aliphatic carbocycles. The Kier molecular flexibility index (Phi) is 5.16. The van der Waals surface area contributed by atoms with Crippen LogP contribution < -0.4 is 5.32 Å². The fraction of sp³-hybridized carbons (Fsp3) is 0.105. The number of hydrogen-bond donors (Lipinski definition) is 1. The van der Waals surface area contributed by atoms with Crippen LogP contribution in [0.5, 0.6) is 0 Å². The summed E-state index contributed by atoms with van der Waals surface area (Å²) in [5.74, 6) is -0.946. The molecule has 0 unspecified atom stereocenters. The monoisotopic (exact) mass is 389 g/mol. The maximum atomic E-state index is 13.0. The minimum absolute atomic E-state index is 0.206. The van der Waals surface area contributed by atoms with E-state index >= 15 is 0 Å². The Morgan fingerprint density at radius 3 is 2.14 bits per heavy atom. The molecule has 0 radical (unpaired) electrons. The van der Waals surface area contributed by atoms with E-state index in [9.17, 15) is 22.8 Å². The molecule has 9 heteroatoms. The molecule has 3 rings (SSSR count). The van der Waals surface area contributed by atoms with Crippen LogP contribution in [0.4, 0.5) is 18.9 Å². The lowest BCUT2D eigenvalue weighted by Crippen LogP contribution is -2.14. The van der Waals surface area contributed by atoms with E-state index in [2.05, 4.69) is 15.2 Å². The number of nitrogens with zero attached hydrogens (tertiary/aromatic N) is 2. The van der Waals surface area contributed by atoms with Crippen molar-refractivity contribution in [2.75, 3.05) is 12.4 Å². The number of methoxy groups -OCH3 is 1. The molecule has 1 N–H and O–H groups in total. The van der Waals surface area contributed by atoms with Gasteiger partial charge in [0, 0.05) is 11.3 Å². The van der Waals surface area contributed by atoms with Gasteiger partial charge in [-0.1, -0.05) is 0 Å². The van der Waals surface area contributed by atoms with Gasteiger partial charge < -0.3 is 10.1 Å². The number of anilines is 1. The molecule has 1 amide bonds. The molecule has 0 aliphatic rings. The molecule has 0 bridgehead atoms. The van der Waals surface area contributed by atoms with Gasteiger partial charge in [-0.2, -0.15) is 18.3 Å². The highest BCUT2D eigenvalue weighted by Crippen LogP contribution is 2.30. The van der Waals surface area contributed by atoms with Crippen molar-refractivity contribution in [1.29, 1.82) is 0 Å². The third-order valence-electron chi connectivity index (χ3n) is 3.87. The third kappa shape index (κ3) is 4.03. The van der Waals surface area contributed by atoms with Gasteiger partial charge in [0.25, 0.3) is 5.91 Å². The van der Waals surface area contributed by atoms with Crippen LogP contribution in [-0.4, -0.2) is 28.8 Å². The maximum absolute atomic E-state index is 13.0. The van der Waals surface area contributed by atoms with Crippen LogP contribution in [0.25, 0.3) is 5.69 Å². The normalized spacial score (nSPS) is 11.1. The second-order valence-corrected chi connectivity index (χ2v) is 5.70. The highest BCUT2D eigenvalue weighted by molar-refractivity contribution is 6.04. The number of aromatic nitrogens is 2. The number of ether oxygens (including phenoxy) is 1. The Balaban J connectivity index is 1.73. The summed E-state index contributed by atoms with van der Waals surface area (Å²) in [6, 6.07) is 12.5. The predicted octanol–water partition coefficient (Wildman–Crippen LogP) is 3.93. The molecule has 1 heterocycles. The summed E-state index contributed by atoms with van der Waals surface area (Å²) in [6.07, 6.45) is -3.46. The number of esters is 1. The second-order valence-electron chi connectivity index (χ2n) is 5.70. The van der Waals surface area contributed by atoms with Gasteiger partial charge >= 0.3 is 12.1 Å². The van der Waals surface area contributed by atoms with E-state index in [1.807, 2.05) is 0 Å². The molecule has 0 fully saturated rings. The minimum atomic E-state index is -4.53. The SMILES string of the molecule is COC(=O)c1ccc(C(=O)Nc2ccc(-n3nccc3C(F)(F)F)cc2)cc1. The molecular weight excluding hydrogens is 375 g/mol. The quantitative estimate of drug-likeness (QED) is 0.687. The number of rotatable bonds is 4. The lowest BCUT2D eigenvalue weighted by atomic mass is 10.1. The van der Waals surface area contributed by atoms with E-state index in [-0.39, 0.29) is 5.69 Å². The average molecular weight is 389 g/mol. The molecule has 28 heavy (non-hydrogen) atoms. The zero-order chi connectivity index (χ0) is 20.3. The van der Waals surface area contributed by atoms with E-state index in [0.717, 1.165) is 16.9 Å². The van der Waals surface area contributed by atoms with E-state index in [4.69, 9.17) is 0 Å². The summed E-state index contributed by atoms with van der Waals surface area (Å²) in [5, 5.41) is 6.32. The van der Waals surface area contributed by atoms with Crippen molar-refractivity contribution in [3.05, 3.63) is 77.6 Å². The first-order valence-electron chi connectivity index (χ1n) is 8.01. The van der Waals surface area contributed by atoms with Crippen molar-refractivity contribution in [2.45, 2.75) is 6.18 Å². The first-order chi connectivity index (χ1) is 13.3. The summed E-state index contributed by atoms with van der Waals surface area (Å²) in [7, 11) is 1.26. The van der Waals surface area contributed by atoms with Crippen LogP contribution in [0, 0.1) is 0 Å². The molecular formula is C19H14F3N3O3. The number of benzene rings is 2. The van der Waals surface area contributed by atoms with Crippen LogP contribution in [0.2, 0.25) is 0 Å². The van der Waals surface area contributed by atoms with E-state index < -0.39 is 23.7 Å². The van der Waals surface area contributed by atoms with Crippen molar-refractivity contribution in [2.24, 2.45) is 0 Å². The summed E-state index contributed by atoms with van der Waals surface area (Å²) in [5.41, 5.74) is 0.325. The van der Waals surface area contributed by atoms with E-state index in [1.165, 1.54) is 55.6 Å². The maximum Gasteiger partial charge on any atom is 0.433 e. The number of amides is 1. The van der Waals surface area contributed by atoms with Crippen molar-refractivity contribution in [3.8, 4) is 5.69 Å². The topological polar surface area (TPSA) is 73.2 Å². The standard InChI is InChI=1S/C19H14F3N3O3/c1-28-18(27)13-4-2-12(3-5-13)17(26)24-14-6-8-15(9-7-14)25-16(10-11-23-25)19(20,21)22/h2-11H,1H3,(H,24,26). The molecule has 0 aliphatic heterocycles. The number of halogens is 3. The van der Waals surface area contributed by atoms with Gasteiger partial charge in [0.15, 0.2) is 0 Å². The van der Waals surface area contributed by atoms with Crippen molar-refractivity contribution in [3.63, 3.8) is 0 Å². The lowest BCUT2D eigenvalue weighted by molar-refractivity contribution is -0.142. The molecule has 3 aromatic rings. The zero-order valence-electron chi connectivity index (χ0n) is 14.5. The summed E-state index contributed by atoms with van der Waals surface area (Å²) < 4.78 is 44.2. The highest BCUT2D eigenvalue weighted by Gasteiger charge is 2.35. The zero-order valence-corrected chi connectivity index (χ0v) is 14.5. The Morgan fingerprint density at radius 1 is 0.964 bits per heavy atom. The number of hydrogen-bond acceptors (Lipinski definition) is 4. The van der Waals surface area contributed by atoms with Gasteiger partial charge in [0.05, 0.1) is 24.6 Å². The molecule has 0 atom stereocenters. The predicted molar refractivity (Wildman–Crippen MR) is 94.3 cm³/mol. The van der Waals surface area contributed by atoms with Crippen molar-refractivity contribution < 1.29 is 27.5 Å². The smallest absolute Gasteiger partial charge is 0.433 e. The van der Waals surface area contributed by atoms with Crippen molar-refractivity contribution >= 4 is 17.6 Å².